The molecule has 3 N–H and O–H groups in total. The van der Waals surface area contributed by atoms with Gasteiger partial charge in [-0.2, -0.15) is 5.10 Å². The van der Waals surface area contributed by atoms with Crippen molar-refractivity contribution >= 4 is 11.7 Å². The van der Waals surface area contributed by atoms with Gasteiger partial charge in [-0.05, 0) is 12.1 Å². The fourth-order valence-corrected chi connectivity index (χ4v) is 2.01. The number of carbonyl (C=O) groups excluding carboxylic acids is 1. The van der Waals surface area contributed by atoms with Gasteiger partial charge in [-0.15, -0.1) is 0 Å². The molecule has 24 heavy (non-hydrogen) atoms. The van der Waals surface area contributed by atoms with Crippen molar-refractivity contribution in [1.29, 1.82) is 0 Å². The Kier molecular flexibility index (Phi) is 4.46. The van der Waals surface area contributed by atoms with E-state index in [9.17, 15) is 13.6 Å². The van der Waals surface area contributed by atoms with Gasteiger partial charge in [-0.1, -0.05) is 30.3 Å². The van der Waals surface area contributed by atoms with Crippen LogP contribution in [0.2, 0.25) is 0 Å². The molecule has 0 radical (unpaired) electrons. The molecule has 0 aliphatic heterocycles. The van der Waals surface area contributed by atoms with Crippen LogP contribution in [0.1, 0.15) is 5.82 Å². The van der Waals surface area contributed by atoms with Crippen LogP contribution in [-0.4, -0.2) is 21.2 Å². The van der Waals surface area contributed by atoms with Gasteiger partial charge in [0.15, 0.2) is 5.82 Å². The number of benzene rings is 2. The number of aromatic amines is 1. The molecular weight excluding hydrogens is 316 g/mol. The van der Waals surface area contributed by atoms with E-state index in [4.69, 9.17) is 0 Å². The van der Waals surface area contributed by atoms with Crippen molar-refractivity contribution in [3.05, 3.63) is 66.0 Å². The van der Waals surface area contributed by atoms with E-state index in [1.54, 1.807) is 0 Å². The van der Waals surface area contributed by atoms with Gasteiger partial charge in [0.2, 0.25) is 0 Å². The molecule has 1 heterocycles. The van der Waals surface area contributed by atoms with E-state index in [1.165, 1.54) is 0 Å². The number of nitrogens with one attached hydrogen (secondary N) is 3. The van der Waals surface area contributed by atoms with Gasteiger partial charge in [0.25, 0.3) is 0 Å². The fraction of sp³-hybridized carbons (Fsp3) is 0.0625. The first-order chi connectivity index (χ1) is 11.6. The Morgan fingerprint density at radius 1 is 1.12 bits per heavy atom. The third-order valence-corrected chi connectivity index (χ3v) is 3.16. The van der Waals surface area contributed by atoms with Crippen LogP contribution < -0.4 is 10.6 Å². The Morgan fingerprint density at radius 3 is 2.71 bits per heavy atom. The van der Waals surface area contributed by atoms with Crippen molar-refractivity contribution in [3.8, 4) is 11.4 Å². The minimum absolute atomic E-state index is 0.0581. The fourth-order valence-electron chi connectivity index (χ4n) is 2.01. The molecule has 0 fully saturated rings. The molecule has 6 nitrogen and oxygen atoms in total. The van der Waals surface area contributed by atoms with Crippen molar-refractivity contribution in [2.75, 3.05) is 5.32 Å². The molecule has 0 aliphatic carbocycles. The van der Waals surface area contributed by atoms with Gasteiger partial charge in [0.1, 0.15) is 17.5 Å². The van der Waals surface area contributed by atoms with Crippen LogP contribution in [0.25, 0.3) is 11.4 Å². The van der Waals surface area contributed by atoms with E-state index < -0.39 is 17.7 Å². The monoisotopic (exact) mass is 329 g/mol. The molecule has 122 valence electrons. The molecule has 2 amide bonds. The third kappa shape index (κ3) is 3.72. The van der Waals surface area contributed by atoms with Crippen molar-refractivity contribution in [1.82, 2.24) is 20.5 Å². The first-order valence-electron chi connectivity index (χ1n) is 7.08. The largest absolute Gasteiger partial charge is 0.331 e. The van der Waals surface area contributed by atoms with Crippen molar-refractivity contribution in [3.63, 3.8) is 0 Å². The first kappa shape index (κ1) is 15.6. The molecule has 0 saturated heterocycles. The molecule has 0 saturated carbocycles. The number of hydrogen-bond acceptors (Lipinski definition) is 3. The number of carbonyl (C=O) groups is 1. The minimum Gasteiger partial charge on any atom is -0.331 e. The number of H-pyrrole nitrogens is 1. The zero-order valence-corrected chi connectivity index (χ0v) is 12.4. The van der Waals surface area contributed by atoms with E-state index in [1.807, 2.05) is 30.3 Å². The summed E-state index contributed by atoms with van der Waals surface area (Å²) < 4.78 is 26.5. The van der Waals surface area contributed by atoms with Crippen LogP contribution >= 0.6 is 0 Å². The van der Waals surface area contributed by atoms with Gasteiger partial charge in [0, 0.05) is 11.6 Å². The molecule has 0 aliphatic rings. The summed E-state index contributed by atoms with van der Waals surface area (Å²) in [7, 11) is 0. The summed E-state index contributed by atoms with van der Waals surface area (Å²) in [6, 6.07) is 11.5. The summed E-state index contributed by atoms with van der Waals surface area (Å²) in [5.41, 5.74) is 0.598. The van der Waals surface area contributed by atoms with Crippen molar-refractivity contribution < 1.29 is 13.6 Å². The number of urea groups is 1. The Hall–Kier alpha value is -3.29. The number of nitrogens with zero attached hydrogens (tertiary/aromatic N) is 2. The number of anilines is 1. The molecular formula is C16H13F2N5O. The normalized spacial score (nSPS) is 10.4. The molecule has 0 unspecified atom stereocenters. The molecule has 0 atom stereocenters. The summed E-state index contributed by atoms with van der Waals surface area (Å²) in [5, 5.41) is 11.5. The highest BCUT2D eigenvalue weighted by Gasteiger charge is 2.10. The van der Waals surface area contributed by atoms with Crippen molar-refractivity contribution in [2.24, 2.45) is 0 Å². The molecule has 0 spiro atoms. The van der Waals surface area contributed by atoms with Gasteiger partial charge < -0.3 is 10.6 Å². The number of rotatable bonds is 4. The lowest BCUT2D eigenvalue weighted by Gasteiger charge is -2.07. The van der Waals surface area contributed by atoms with Crippen LogP contribution in [0, 0.1) is 11.6 Å². The SMILES string of the molecule is O=C(NCc1nc(-c2ccccc2)n[nH]1)Nc1cc(F)ccc1F. The average Bonchev–Trinajstić information content (AvgIpc) is 3.06. The predicted octanol–water partition coefficient (Wildman–Crippen LogP) is 3.07. The number of aromatic nitrogens is 3. The lowest BCUT2D eigenvalue weighted by molar-refractivity contribution is 0.251. The molecule has 2 aromatic carbocycles. The highest BCUT2D eigenvalue weighted by atomic mass is 19.1. The maximum Gasteiger partial charge on any atom is 0.319 e. The Bertz CT molecular complexity index is 851. The van der Waals surface area contributed by atoms with Crippen LogP contribution in [0.5, 0.6) is 0 Å². The number of halogens is 2. The molecule has 3 aromatic rings. The van der Waals surface area contributed by atoms with Gasteiger partial charge in [-0.25, -0.2) is 18.6 Å². The van der Waals surface area contributed by atoms with Crippen LogP contribution in [0.3, 0.4) is 0 Å². The van der Waals surface area contributed by atoms with Crippen molar-refractivity contribution in [2.45, 2.75) is 6.54 Å². The second-order valence-electron chi connectivity index (χ2n) is 4.90. The molecule has 8 heteroatoms. The summed E-state index contributed by atoms with van der Waals surface area (Å²) in [6.07, 6.45) is 0. The highest BCUT2D eigenvalue weighted by molar-refractivity contribution is 5.89. The first-order valence-corrected chi connectivity index (χ1v) is 7.08. The zero-order chi connectivity index (χ0) is 16.9. The molecule has 3 rings (SSSR count). The predicted molar refractivity (Wildman–Crippen MR) is 84.0 cm³/mol. The topological polar surface area (TPSA) is 82.7 Å². The Labute approximate surface area is 135 Å². The lowest BCUT2D eigenvalue weighted by Crippen LogP contribution is -2.29. The third-order valence-electron chi connectivity index (χ3n) is 3.16. The Balaban J connectivity index is 1.59. The minimum atomic E-state index is -0.724. The second kappa shape index (κ2) is 6.86. The smallest absolute Gasteiger partial charge is 0.319 e. The number of amides is 2. The van der Waals surface area contributed by atoms with E-state index in [0.29, 0.717) is 11.6 Å². The van der Waals surface area contributed by atoms with E-state index in [-0.39, 0.29) is 12.2 Å². The van der Waals surface area contributed by atoms with E-state index in [0.717, 1.165) is 23.8 Å². The van der Waals surface area contributed by atoms with Gasteiger partial charge in [0.05, 0.1) is 12.2 Å². The van der Waals surface area contributed by atoms with Crippen LogP contribution in [0.4, 0.5) is 19.3 Å². The van der Waals surface area contributed by atoms with Gasteiger partial charge >= 0.3 is 6.03 Å². The lowest BCUT2D eigenvalue weighted by atomic mass is 10.2. The van der Waals surface area contributed by atoms with E-state index in [2.05, 4.69) is 25.8 Å². The summed E-state index contributed by atoms with van der Waals surface area (Å²) in [6.45, 7) is 0.0581. The quantitative estimate of drug-likeness (QED) is 0.688. The van der Waals surface area contributed by atoms with Crippen LogP contribution in [-0.2, 0) is 6.54 Å². The molecule has 1 aromatic heterocycles. The Morgan fingerprint density at radius 2 is 1.92 bits per heavy atom. The zero-order valence-electron chi connectivity index (χ0n) is 12.4. The van der Waals surface area contributed by atoms with Gasteiger partial charge in [-0.3, -0.25) is 5.10 Å². The maximum atomic E-state index is 13.4. The summed E-state index contributed by atoms with van der Waals surface area (Å²) >= 11 is 0. The average molecular weight is 329 g/mol. The van der Waals surface area contributed by atoms with Crippen LogP contribution in [0.15, 0.2) is 48.5 Å². The second-order valence-corrected chi connectivity index (χ2v) is 4.90. The highest BCUT2D eigenvalue weighted by Crippen LogP contribution is 2.15. The van der Waals surface area contributed by atoms with E-state index >= 15 is 0 Å². The maximum absolute atomic E-state index is 13.4. The number of hydrogen-bond donors (Lipinski definition) is 3. The molecule has 0 bridgehead atoms. The standard InChI is InChI=1S/C16H13F2N5O/c17-11-6-7-12(18)13(8-11)20-16(24)19-9-14-21-15(23-22-14)10-4-2-1-3-5-10/h1-8H,9H2,(H2,19,20,24)(H,21,22,23). The summed E-state index contributed by atoms with van der Waals surface area (Å²) in [4.78, 5) is 16.0. The summed E-state index contributed by atoms with van der Waals surface area (Å²) in [5.74, 6) is -0.431.